The summed E-state index contributed by atoms with van der Waals surface area (Å²) in [4.78, 5) is 26.8. The third kappa shape index (κ3) is 2.79. The summed E-state index contributed by atoms with van der Waals surface area (Å²) in [5.41, 5.74) is 6.10. The highest BCUT2D eigenvalue weighted by Crippen LogP contribution is 2.07. The maximum Gasteiger partial charge on any atom is 0.270 e. The summed E-state index contributed by atoms with van der Waals surface area (Å²) >= 11 is 0. The lowest BCUT2D eigenvalue weighted by molar-refractivity contribution is 0.0931. The van der Waals surface area contributed by atoms with Gasteiger partial charge in [0.2, 0.25) is 0 Å². The van der Waals surface area contributed by atoms with Gasteiger partial charge in [-0.15, -0.1) is 0 Å². The van der Waals surface area contributed by atoms with Gasteiger partial charge < -0.3 is 11.1 Å². The number of pyridine rings is 1. The molecule has 5 heteroatoms. The number of nitrogens with one attached hydrogen (secondary N) is 1. The van der Waals surface area contributed by atoms with Gasteiger partial charge in [-0.3, -0.25) is 9.59 Å². The third-order valence-electron chi connectivity index (χ3n) is 2.05. The average Bonchev–Trinajstić information content (AvgIpc) is 2.25. The Balaban J connectivity index is 3.04. The van der Waals surface area contributed by atoms with E-state index in [1.165, 1.54) is 6.07 Å². The van der Waals surface area contributed by atoms with Crippen LogP contribution in [0.15, 0.2) is 12.1 Å². The molecule has 16 heavy (non-hydrogen) atoms. The van der Waals surface area contributed by atoms with Gasteiger partial charge in [0.15, 0.2) is 0 Å². The molecule has 0 radical (unpaired) electrons. The Morgan fingerprint density at radius 2 is 2.12 bits per heavy atom. The number of primary amides is 1. The molecule has 1 heterocycles. The van der Waals surface area contributed by atoms with E-state index in [2.05, 4.69) is 10.3 Å². The maximum absolute atomic E-state index is 11.7. The fourth-order valence-electron chi connectivity index (χ4n) is 1.25. The summed E-state index contributed by atoms with van der Waals surface area (Å²) in [5, 5.41) is 2.66. The smallest absolute Gasteiger partial charge is 0.270 e. The van der Waals surface area contributed by atoms with Gasteiger partial charge in [-0.2, -0.15) is 0 Å². The highest BCUT2D eigenvalue weighted by atomic mass is 16.2. The van der Waals surface area contributed by atoms with Crippen molar-refractivity contribution in [3.8, 4) is 0 Å². The Hall–Kier alpha value is -1.91. The van der Waals surface area contributed by atoms with Gasteiger partial charge in [0.25, 0.3) is 11.8 Å². The molecule has 1 aromatic rings. The van der Waals surface area contributed by atoms with E-state index in [9.17, 15) is 9.59 Å². The number of rotatable bonds is 4. The number of hydrogen-bond acceptors (Lipinski definition) is 3. The molecule has 0 aliphatic heterocycles. The van der Waals surface area contributed by atoms with Gasteiger partial charge >= 0.3 is 0 Å². The molecule has 2 amide bonds. The van der Waals surface area contributed by atoms with Crippen molar-refractivity contribution < 1.29 is 9.59 Å². The van der Waals surface area contributed by atoms with E-state index >= 15 is 0 Å². The van der Waals surface area contributed by atoms with E-state index in [1.807, 2.05) is 6.92 Å². The minimum absolute atomic E-state index is 0.0981. The number of nitrogens with zero attached hydrogens (tertiary/aromatic N) is 1. The van der Waals surface area contributed by atoms with Gasteiger partial charge in [0.05, 0.1) is 5.56 Å². The molecule has 5 nitrogen and oxygen atoms in total. The van der Waals surface area contributed by atoms with Gasteiger partial charge in [-0.05, 0) is 25.5 Å². The van der Waals surface area contributed by atoms with Crippen LogP contribution in [0.5, 0.6) is 0 Å². The first-order valence-corrected chi connectivity index (χ1v) is 5.12. The minimum Gasteiger partial charge on any atom is -0.366 e. The van der Waals surface area contributed by atoms with Crippen LogP contribution in [0.2, 0.25) is 0 Å². The molecular weight excluding hydrogens is 206 g/mol. The van der Waals surface area contributed by atoms with Crippen LogP contribution in [-0.2, 0) is 0 Å². The van der Waals surface area contributed by atoms with Crippen molar-refractivity contribution in [2.24, 2.45) is 5.73 Å². The van der Waals surface area contributed by atoms with Gasteiger partial charge in [-0.1, -0.05) is 6.92 Å². The van der Waals surface area contributed by atoms with Gasteiger partial charge in [0.1, 0.15) is 5.69 Å². The first kappa shape index (κ1) is 12.2. The zero-order valence-electron chi connectivity index (χ0n) is 9.41. The SMILES string of the molecule is CCCNC(=O)c1nc(C)ccc1C(N)=O. The molecule has 0 unspecified atom stereocenters. The van der Waals surface area contributed by atoms with E-state index in [4.69, 9.17) is 5.73 Å². The highest BCUT2D eigenvalue weighted by molar-refractivity contribution is 6.05. The van der Waals surface area contributed by atoms with Crippen LogP contribution < -0.4 is 11.1 Å². The van der Waals surface area contributed by atoms with E-state index in [0.717, 1.165) is 6.42 Å². The van der Waals surface area contributed by atoms with Crippen molar-refractivity contribution in [3.63, 3.8) is 0 Å². The van der Waals surface area contributed by atoms with Gasteiger partial charge in [0, 0.05) is 12.2 Å². The molecule has 0 atom stereocenters. The van der Waals surface area contributed by atoms with Crippen LogP contribution >= 0.6 is 0 Å². The Bertz CT molecular complexity index is 416. The van der Waals surface area contributed by atoms with Crippen molar-refractivity contribution in [1.82, 2.24) is 10.3 Å². The summed E-state index contributed by atoms with van der Waals surface area (Å²) in [5.74, 6) is -1.01. The van der Waals surface area contributed by atoms with Crippen LogP contribution in [0.25, 0.3) is 0 Å². The largest absolute Gasteiger partial charge is 0.366 e. The zero-order valence-corrected chi connectivity index (χ0v) is 9.41. The Morgan fingerprint density at radius 1 is 1.44 bits per heavy atom. The van der Waals surface area contributed by atoms with E-state index in [-0.39, 0.29) is 17.2 Å². The minimum atomic E-state index is -0.644. The fraction of sp³-hybridized carbons (Fsp3) is 0.364. The summed E-state index contributed by atoms with van der Waals surface area (Å²) in [6, 6.07) is 3.17. The summed E-state index contributed by atoms with van der Waals surface area (Å²) in [6.45, 7) is 4.24. The third-order valence-corrected chi connectivity index (χ3v) is 2.05. The molecule has 0 aliphatic carbocycles. The predicted molar refractivity (Wildman–Crippen MR) is 60.1 cm³/mol. The van der Waals surface area contributed by atoms with Crippen molar-refractivity contribution in [1.29, 1.82) is 0 Å². The van der Waals surface area contributed by atoms with Crippen molar-refractivity contribution in [2.75, 3.05) is 6.54 Å². The van der Waals surface area contributed by atoms with Crippen molar-refractivity contribution >= 4 is 11.8 Å². The lowest BCUT2D eigenvalue weighted by Crippen LogP contribution is -2.28. The molecule has 0 saturated heterocycles. The molecular formula is C11H15N3O2. The molecule has 1 aromatic heterocycles. The second kappa shape index (κ2) is 5.25. The molecule has 3 N–H and O–H groups in total. The molecule has 0 spiro atoms. The Morgan fingerprint density at radius 3 is 2.69 bits per heavy atom. The second-order valence-electron chi connectivity index (χ2n) is 3.47. The molecule has 0 aliphatic rings. The summed E-state index contributed by atoms with van der Waals surface area (Å²) in [6.07, 6.45) is 0.823. The topological polar surface area (TPSA) is 85.1 Å². The molecule has 86 valence electrons. The first-order valence-electron chi connectivity index (χ1n) is 5.12. The molecule has 0 aromatic carbocycles. The number of hydrogen-bond donors (Lipinski definition) is 2. The number of carbonyl (C=O) groups is 2. The van der Waals surface area contributed by atoms with Gasteiger partial charge in [-0.25, -0.2) is 4.98 Å². The number of aromatic nitrogens is 1. The number of carbonyl (C=O) groups excluding carboxylic acids is 2. The summed E-state index contributed by atoms with van der Waals surface area (Å²) in [7, 11) is 0. The first-order chi connectivity index (χ1) is 7.56. The van der Waals surface area contributed by atoms with Crippen LogP contribution in [0.3, 0.4) is 0 Å². The van der Waals surface area contributed by atoms with Crippen LogP contribution in [-0.4, -0.2) is 23.3 Å². The van der Waals surface area contributed by atoms with Crippen molar-refractivity contribution in [2.45, 2.75) is 20.3 Å². The summed E-state index contributed by atoms with van der Waals surface area (Å²) < 4.78 is 0. The van der Waals surface area contributed by atoms with Crippen LogP contribution in [0.1, 0.15) is 39.9 Å². The van der Waals surface area contributed by atoms with Crippen LogP contribution in [0, 0.1) is 6.92 Å². The molecule has 0 bridgehead atoms. The Kier molecular flexibility index (Phi) is 3.99. The average molecular weight is 221 g/mol. The van der Waals surface area contributed by atoms with E-state index in [1.54, 1.807) is 13.0 Å². The second-order valence-corrected chi connectivity index (χ2v) is 3.47. The fourth-order valence-corrected chi connectivity index (χ4v) is 1.25. The number of amides is 2. The van der Waals surface area contributed by atoms with E-state index in [0.29, 0.717) is 12.2 Å². The highest BCUT2D eigenvalue weighted by Gasteiger charge is 2.16. The van der Waals surface area contributed by atoms with E-state index < -0.39 is 5.91 Å². The Labute approximate surface area is 94.1 Å². The van der Waals surface area contributed by atoms with Crippen molar-refractivity contribution in [3.05, 3.63) is 29.1 Å². The standard InChI is InChI=1S/C11H15N3O2/c1-3-6-13-11(16)9-8(10(12)15)5-4-7(2)14-9/h4-5H,3,6H2,1-2H3,(H2,12,15)(H,13,16). The maximum atomic E-state index is 11.7. The predicted octanol–water partition coefficient (Wildman–Crippen LogP) is 0.629. The monoisotopic (exact) mass is 221 g/mol. The molecule has 1 rings (SSSR count). The lowest BCUT2D eigenvalue weighted by atomic mass is 10.1. The lowest BCUT2D eigenvalue weighted by Gasteiger charge is -2.07. The number of aryl methyl sites for hydroxylation is 1. The number of nitrogens with two attached hydrogens (primary N) is 1. The molecule has 0 saturated carbocycles. The van der Waals surface area contributed by atoms with Crippen LogP contribution in [0.4, 0.5) is 0 Å². The quantitative estimate of drug-likeness (QED) is 0.781. The molecule has 0 fully saturated rings. The zero-order chi connectivity index (χ0) is 12.1. The normalized spacial score (nSPS) is 9.88.